The third-order valence-electron chi connectivity index (χ3n) is 6.16. The molecule has 0 aliphatic carbocycles. The third-order valence-corrected chi connectivity index (χ3v) is 8.73. The van der Waals surface area contributed by atoms with E-state index in [0.717, 1.165) is 49.3 Å². The number of unbranched alkanes of at least 4 members (excludes halogenated alkanes) is 20. The zero-order valence-electron chi connectivity index (χ0n) is 22.7. The van der Waals surface area contributed by atoms with Gasteiger partial charge in [-0.2, -0.15) is 16.8 Å². The van der Waals surface area contributed by atoms with Gasteiger partial charge in [-0.3, -0.25) is 0 Å². The van der Waals surface area contributed by atoms with Crippen LogP contribution in [0.2, 0.25) is 0 Å². The molecular formula is C28H56Na2O5S2. The molecule has 0 saturated carbocycles. The zero-order valence-corrected chi connectivity index (χ0v) is 24.4. The van der Waals surface area contributed by atoms with Gasteiger partial charge in [0.15, 0.2) is 0 Å². The van der Waals surface area contributed by atoms with E-state index in [1.54, 1.807) is 0 Å². The number of hydrogen-bond acceptors (Lipinski definition) is 5. The zero-order chi connectivity index (χ0) is 26.1. The van der Waals surface area contributed by atoms with Gasteiger partial charge in [0.1, 0.15) is 0 Å². The molecule has 0 saturated heterocycles. The first-order valence-electron chi connectivity index (χ1n) is 14.4. The quantitative estimate of drug-likeness (QED) is 0.0762. The van der Waals surface area contributed by atoms with Gasteiger partial charge in [-0.1, -0.05) is 142 Å². The van der Waals surface area contributed by atoms with Gasteiger partial charge in [-0.05, 0) is 25.7 Å². The third kappa shape index (κ3) is 33.4. The molecule has 0 rings (SSSR count). The molecule has 0 fully saturated rings. The van der Waals surface area contributed by atoms with Crippen LogP contribution in [0.15, 0.2) is 23.0 Å². The number of hydrogen-bond donors (Lipinski definition) is 0. The number of allylic oxidation sites excluding steroid dienone is 2. The van der Waals surface area contributed by atoms with Crippen molar-refractivity contribution >= 4 is 79.4 Å². The Morgan fingerprint density at radius 1 is 0.432 bits per heavy atom. The van der Waals surface area contributed by atoms with E-state index < -0.39 is 20.2 Å². The molecule has 0 aromatic heterocycles. The summed E-state index contributed by atoms with van der Waals surface area (Å²) >= 11 is 0. The molecular weight excluding hydrogens is 526 g/mol. The number of rotatable bonds is 26. The molecule has 5 nitrogen and oxygen atoms in total. The van der Waals surface area contributed by atoms with Crippen LogP contribution in [0.1, 0.15) is 155 Å². The topological polar surface area (TPSA) is 77.5 Å². The van der Waals surface area contributed by atoms with E-state index in [2.05, 4.69) is 17.5 Å². The standard InChI is InChI=1S/C28H54O5S2.2Na.2H/c1-3-5-7-9-11-13-15-17-19-21-23-25-27-34(29,30)33-35(31,32)28-26-24-22-20-18-16-14-12-10-8-6-4-2;;;;/h25-28H,3-24H2,1-2H3;;;;. The van der Waals surface area contributed by atoms with Crippen molar-refractivity contribution in [3.63, 3.8) is 0 Å². The van der Waals surface area contributed by atoms with Crippen LogP contribution < -0.4 is 0 Å². The summed E-state index contributed by atoms with van der Waals surface area (Å²) in [6.07, 6.45) is 28.5. The molecule has 37 heavy (non-hydrogen) atoms. The summed E-state index contributed by atoms with van der Waals surface area (Å²) in [7, 11) is -8.48. The van der Waals surface area contributed by atoms with Crippen LogP contribution in [0.25, 0.3) is 0 Å². The van der Waals surface area contributed by atoms with Crippen molar-refractivity contribution in [2.75, 3.05) is 0 Å². The minimum atomic E-state index is -4.24. The van der Waals surface area contributed by atoms with Crippen LogP contribution in [-0.2, 0) is 23.9 Å². The van der Waals surface area contributed by atoms with Crippen LogP contribution in [0.5, 0.6) is 0 Å². The molecule has 9 heteroatoms. The SMILES string of the molecule is CCCCCCCCCCCCC=CS(=O)(=O)OS(=O)(=O)C=CCCCCCCCCCCCC.[NaH].[NaH]. The first-order valence-corrected chi connectivity index (χ1v) is 17.3. The van der Waals surface area contributed by atoms with Crippen molar-refractivity contribution < 1.29 is 20.5 Å². The first kappa shape index (κ1) is 42.8. The summed E-state index contributed by atoms with van der Waals surface area (Å²) < 4.78 is 52.1. The van der Waals surface area contributed by atoms with Crippen LogP contribution in [-0.4, -0.2) is 76.0 Å². The van der Waals surface area contributed by atoms with E-state index in [4.69, 9.17) is 0 Å². The average Bonchev–Trinajstić information content (AvgIpc) is 2.79. The van der Waals surface area contributed by atoms with E-state index in [0.29, 0.717) is 12.8 Å². The van der Waals surface area contributed by atoms with E-state index in [-0.39, 0.29) is 59.1 Å². The van der Waals surface area contributed by atoms with Crippen LogP contribution in [0.3, 0.4) is 0 Å². The van der Waals surface area contributed by atoms with Crippen molar-refractivity contribution in [2.45, 2.75) is 155 Å². The van der Waals surface area contributed by atoms with Gasteiger partial charge < -0.3 is 0 Å². The Bertz CT molecular complexity index is 674. The fraction of sp³-hybridized carbons (Fsp3) is 0.857. The molecule has 0 amide bonds. The fourth-order valence-electron chi connectivity index (χ4n) is 4.05. The molecule has 0 spiro atoms. The summed E-state index contributed by atoms with van der Waals surface area (Å²) in [6.45, 7) is 4.45. The van der Waals surface area contributed by atoms with Crippen molar-refractivity contribution in [3.8, 4) is 0 Å². The van der Waals surface area contributed by atoms with Gasteiger partial charge in [-0.25, -0.2) is 0 Å². The van der Waals surface area contributed by atoms with Gasteiger partial charge in [0.25, 0.3) is 0 Å². The predicted molar refractivity (Wildman–Crippen MR) is 164 cm³/mol. The molecule has 0 aliphatic rings. The monoisotopic (exact) mass is 582 g/mol. The summed E-state index contributed by atoms with van der Waals surface area (Å²) in [5.41, 5.74) is 0. The van der Waals surface area contributed by atoms with Gasteiger partial charge in [0.05, 0.1) is 10.8 Å². The summed E-state index contributed by atoms with van der Waals surface area (Å²) in [5, 5.41) is 1.74. The van der Waals surface area contributed by atoms with Gasteiger partial charge in [0.2, 0.25) is 0 Å². The average molecular weight is 583 g/mol. The van der Waals surface area contributed by atoms with Crippen molar-refractivity contribution in [1.29, 1.82) is 0 Å². The Morgan fingerprint density at radius 2 is 0.676 bits per heavy atom. The van der Waals surface area contributed by atoms with Crippen LogP contribution >= 0.6 is 0 Å². The van der Waals surface area contributed by atoms with Gasteiger partial charge >= 0.3 is 79.4 Å². The molecule has 0 aromatic carbocycles. The van der Waals surface area contributed by atoms with Crippen molar-refractivity contribution in [2.24, 2.45) is 0 Å². The molecule has 0 heterocycles. The maximum atomic E-state index is 11.9. The second-order valence-electron chi connectivity index (χ2n) is 9.74. The Morgan fingerprint density at radius 3 is 0.946 bits per heavy atom. The van der Waals surface area contributed by atoms with E-state index >= 15 is 0 Å². The van der Waals surface area contributed by atoms with Crippen LogP contribution in [0.4, 0.5) is 0 Å². The van der Waals surface area contributed by atoms with E-state index in [1.807, 2.05) is 0 Å². The van der Waals surface area contributed by atoms with Gasteiger partial charge in [-0.15, -0.1) is 3.63 Å². The molecule has 0 aliphatic heterocycles. The summed E-state index contributed by atoms with van der Waals surface area (Å²) in [4.78, 5) is 0. The summed E-state index contributed by atoms with van der Waals surface area (Å²) in [5.74, 6) is 0. The summed E-state index contributed by atoms with van der Waals surface area (Å²) in [6, 6.07) is 0. The first-order chi connectivity index (χ1) is 16.8. The van der Waals surface area contributed by atoms with Crippen molar-refractivity contribution in [3.05, 3.63) is 23.0 Å². The second-order valence-corrected chi connectivity index (χ2v) is 12.8. The molecule has 0 unspecified atom stereocenters. The Balaban J connectivity index is -0.00000578. The van der Waals surface area contributed by atoms with E-state index in [9.17, 15) is 16.8 Å². The van der Waals surface area contributed by atoms with Crippen LogP contribution in [0, 0.1) is 0 Å². The Hall–Kier alpha value is 1.34. The molecule has 212 valence electrons. The fourth-order valence-corrected chi connectivity index (χ4v) is 6.21. The van der Waals surface area contributed by atoms with Crippen molar-refractivity contribution in [1.82, 2.24) is 0 Å². The van der Waals surface area contributed by atoms with E-state index in [1.165, 1.54) is 102 Å². The second kappa shape index (κ2) is 30.3. The molecule has 0 atom stereocenters. The maximum absolute atomic E-state index is 11.9. The molecule has 0 N–H and O–H groups in total. The minimum absolute atomic E-state index is 0. The molecule has 0 aromatic rings. The predicted octanol–water partition coefficient (Wildman–Crippen LogP) is 8.02. The Labute approximate surface area is 275 Å². The Kier molecular flexibility index (Phi) is 35.1. The molecule has 0 bridgehead atoms. The van der Waals surface area contributed by atoms with Gasteiger partial charge in [0, 0.05) is 0 Å². The normalized spacial score (nSPS) is 12.2. The molecule has 0 radical (unpaired) electrons.